The molecule has 0 radical (unpaired) electrons. The number of aryl methyl sites for hydroxylation is 3. The lowest BCUT2D eigenvalue weighted by Crippen LogP contribution is -2.51. The third-order valence-electron chi connectivity index (χ3n) is 6.73. The van der Waals surface area contributed by atoms with E-state index >= 15 is 0 Å². The highest BCUT2D eigenvalue weighted by atomic mass is 16.2. The zero-order chi connectivity index (χ0) is 25.5. The van der Waals surface area contributed by atoms with E-state index in [9.17, 15) is 9.59 Å². The molecule has 36 heavy (non-hydrogen) atoms. The predicted molar refractivity (Wildman–Crippen MR) is 146 cm³/mol. The molecule has 1 fully saturated rings. The number of benzene rings is 3. The van der Waals surface area contributed by atoms with Crippen LogP contribution < -0.4 is 10.2 Å². The third kappa shape index (κ3) is 6.80. The van der Waals surface area contributed by atoms with E-state index in [2.05, 4.69) is 33.3 Å². The minimum atomic E-state index is 0.00501. The van der Waals surface area contributed by atoms with Crippen molar-refractivity contribution in [2.45, 2.75) is 27.3 Å². The molecule has 6 nitrogen and oxygen atoms in total. The second kappa shape index (κ2) is 12.0. The maximum Gasteiger partial charge on any atom is 0.241 e. The number of piperazine rings is 1. The van der Waals surface area contributed by atoms with Crippen molar-refractivity contribution in [2.75, 3.05) is 49.5 Å². The van der Waals surface area contributed by atoms with Crippen LogP contribution in [0.5, 0.6) is 0 Å². The Morgan fingerprint density at radius 3 is 2.03 bits per heavy atom. The Labute approximate surface area is 214 Å². The summed E-state index contributed by atoms with van der Waals surface area (Å²) in [6, 6.07) is 24.2. The first-order chi connectivity index (χ1) is 17.4. The molecule has 0 aromatic heterocycles. The van der Waals surface area contributed by atoms with E-state index in [0.717, 1.165) is 59.8 Å². The molecular weight excluding hydrogens is 448 g/mol. The molecule has 1 N–H and O–H groups in total. The van der Waals surface area contributed by atoms with Crippen LogP contribution in [0.15, 0.2) is 72.8 Å². The van der Waals surface area contributed by atoms with Crippen LogP contribution in [-0.2, 0) is 16.1 Å². The minimum absolute atomic E-state index is 0.00501. The Morgan fingerprint density at radius 1 is 0.778 bits per heavy atom. The van der Waals surface area contributed by atoms with Crippen LogP contribution in [0, 0.1) is 20.8 Å². The van der Waals surface area contributed by atoms with Gasteiger partial charge in [-0.2, -0.15) is 0 Å². The summed E-state index contributed by atoms with van der Waals surface area (Å²) < 4.78 is 0. The SMILES string of the molecule is Cc1cccc(N(Cc2ccccc2)C(=O)CN2CCN(CC(=O)Nc3c(C)cccc3C)CC2)c1. The van der Waals surface area contributed by atoms with Crippen LogP contribution in [0.25, 0.3) is 0 Å². The van der Waals surface area contributed by atoms with Gasteiger partial charge in [0.15, 0.2) is 0 Å². The average Bonchev–Trinajstić information content (AvgIpc) is 2.86. The Morgan fingerprint density at radius 2 is 1.39 bits per heavy atom. The molecule has 188 valence electrons. The molecule has 1 saturated heterocycles. The molecule has 0 spiro atoms. The lowest BCUT2D eigenvalue weighted by molar-refractivity contribution is -0.121. The highest BCUT2D eigenvalue weighted by Crippen LogP contribution is 2.21. The van der Waals surface area contributed by atoms with E-state index in [4.69, 9.17) is 0 Å². The summed E-state index contributed by atoms with van der Waals surface area (Å²) in [5.41, 5.74) is 6.20. The molecule has 0 atom stereocenters. The fourth-order valence-corrected chi connectivity index (χ4v) is 4.66. The Kier molecular flexibility index (Phi) is 8.52. The number of carbonyl (C=O) groups is 2. The first-order valence-corrected chi connectivity index (χ1v) is 12.6. The smallest absolute Gasteiger partial charge is 0.241 e. The number of hydrogen-bond acceptors (Lipinski definition) is 4. The Balaban J connectivity index is 1.32. The van der Waals surface area contributed by atoms with E-state index in [1.54, 1.807) is 0 Å². The number of amides is 2. The number of hydrogen-bond donors (Lipinski definition) is 1. The van der Waals surface area contributed by atoms with Gasteiger partial charge in [-0.15, -0.1) is 0 Å². The van der Waals surface area contributed by atoms with Gasteiger partial charge in [-0.3, -0.25) is 19.4 Å². The topological polar surface area (TPSA) is 55.9 Å². The summed E-state index contributed by atoms with van der Waals surface area (Å²) in [5.74, 6) is 0.0936. The molecule has 2 amide bonds. The van der Waals surface area contributed by atoms with Gasteiger partial charge in [-0.1, -0.05) is 60.7 Å². The van der Waals surface area contributed by atoms with Crippen molar-refractivity contribution < 1.29 is 9.59 Å². The van der Waals surface area contributed by atoms with Gasteiger partial charge in [0.2, 0.25) is 11.8 Å². The van der Waals surface area contributed by atoms with Gasteiger partial charge in [0.25, 0.3) is 0 Å². The third-order valence-corrected chi connectivity index (χ3v) is 6.73. The molecule has 6 heteroatoms. The fourth-order valence-electron chi connectivity index (χ4n) is 4.66. The zero-order valence-corrected chi connectivity index (χ0v) is 21.5. The number of carbonyl (C=O) groups excluding carboxylic acids is 2. The van der Waals surface area contributed by atoms with Gasteiger partial charge in [0.05, 0.1) is 19.6 Å². The molecule has 1 aliphatic heterocycles. The summed E-state index contributed by atoms with van der Waals surface area (Å²) in [4.78, 5) is 32.4. The second-order valence-electron chi connectivity index (χ2n) is 9.67. The zero-order valence-electron chi connectivity index (χ0n) is 21.5. The monoisotopic (exact) mass is 484 g/mol. The quantitative estimate of drug-likeness (QED) is 0.515. The molecule has 0 aliphatic carbocycles. The Bertz CT molecular complexity index is 1170. The Hall–Kier alpha value is -3.48. The summed E-state index contributed by atoms with van der Waals surface area (Å²) in [7, 11) is 0. The molecule has 0 saturated carbocycles. The van der Waals surface area contributed by atoms with Crippen molar-refractivity contribution in [3.05, 3.63) is 95.1 Å². The molecule has 4 rings (SSSR count). The summed E-state index contributed by atoms with van der Waals surface area (Å²) >= 11 is 0. The first-order valence-electron chi connectivity index (χ1n) is 12.6. The van der Waals surface area contributed by atoms with Gasteiger partial charge in [-0.25, -0.2) is 0 Å². The lowest BCUT2D eigenvalue weighted by atomic mass is 10.1. The summed E-state index contributed by atoms with van der Waals surface area (Å²) in [6.45, 7) is 10.4. The largest absolute Gasteiger partial charge is 0.324 e. The van der Waals surface area contributed by atoms with Gasteiger partial charge in [-0.05, 0) is 55.2 Å². The van der Waals surface area contributed by atoms with Crippen molar-refractivity contribution in [3.8, 4) is 0 Å². The maximum absolute atomic E-state index is 13.5. The van der Waals surface area contributed by atoms with Crippen LogP contribution in [0.1, 0.15) is 22.3 Å². The highest BCUT2D eigenvalue weighted by Gasteiger charge is 2.24. The van der Waals surface area contributed by atoms with Crippen LogP contribution in [0.4, 0.5) is 11.4 Å². The normalized spacial score (nSPS) is 14.4. The second-order valence-corrected chi connectivity index (χ2v) is 9.67. The van der Waals surface area contributed by atoms with E-state index in [0.29, 0.717) is 19.6 Å². The maximum atomic E-state index is 13.5. The van der Waals surface area contributed by atoms with Gasteiger partial charge in [0, 0.05) is 37.6 Å². The van der Waals surface area contributed by atoms with Crippen molar-refractivity contribution in [1.82, 2.24) is 9.80 Å². The number of nitrogens with zero attached hydrogens (tertiary/aromatic N) is 3. The van der Waals surface area contributed by atoms with Gasteiger partial charge >= 0.3 is 0 Å². The number of para-hydroxylation sites is 1. The van der Waals surface area contributed by atoms with Crippen molar-refractivity contribution in [1.29, 1.82) is 0 Å². The number of rotatable bonds is 8. The van der Waals surface area contributed by atoms with Crippen molar-refractivity contribution in [3.63, 3.8) is 0 Å². The first kappa shape index (κ1) is 25.6. The molecular formula is C30H36N4O2. The molecule has 3 aromatic rings. The lowest BCUT2D eigenvalue weighted by Gasteiger charge is -2.35. The van der Waals surface area contributed by atoms with Crippen LogP contribution in [0.2, 0.25) is 0 Å². The van der Waals surface area contributed by atoms with E-state index < -0.39 is 0 Å². The van der Waals surface area contributed by atoms with Crippen LogP contribution in [0.3, 0.4) is 0 Å². The molecule has 1 heterocycles. The average molecular weight is 485 g/mol. The van der Waals surface area contributed by atoms with E-state index in [-0.39, 0.29) is 11.8 Å². The molecule has 0 unspecified atom stereocenters. The molecule has 0 bridgehead atoms. The van der Waals surface area contributed by atoms with Crippen molar-refractivity contribution >= 4 is 23.2 Å². The van der Waals surface area contributed by atoms with Crippen LogP contribution in [-0.4, -0.2) is 60.9 Å². The standard InChI is InChI=1S/C30H36N4O2/c1-23-9-7-14-27(19-23)34(20-26-12-5-4-6-13-26)29(36)22-33-17-15-32(16-18-33)21-28(35)31-30-24(2)10-8-11-25(30)3/h4-14,19H,15-18,20-22H2,1-3H3,(H,31,35). The summed E-state index contributed by atoms with van der Waals surface area (Å²) in [6.07, 6.45) is 0. The number of anilines is 2. The van der Waals surface area contributed by atoms with Gasteiger partial charge < -0.3 is 10.2 Å². The van der Waals surface area contributed by atoms with E-state index in [1.165, 1.54) is 0 Å². The molecule has 3 aromatic carbocycles. The van der Waals surface area contributed by atoms with E-state index in [1.807, 2.05) is 80.3 Å². The van der Waals surface area contributed by atoms with Crippen LogP contribution >= 0.6 is 0 Å². The fraction of sp³-hybridized carbons (Fsp3) is 0.333. The summed E-state index contributed by atoms with van der Waals surface area (Å²) in [5, 5.41) is 3.08. The van der Waals surface area contributed by atoms with Crippen molar-refractivity contribution in [2.24, 2.45) is 0 Å². The highest BCUT2D eigenvalue weighted by molar-refractivity contribution is 5.95. The number of nitrogens with one attached hydrogen (secondary N) is 1. The predicted octanol–water partition coefficient (Wildman–Crippen LogP) is 4.40. The molecule has 1 aliphatic rings. The van der Waals surface area contributed by atoms with Gasteiger partial charge in [0.1, 0.15) is 0 Å². The minimum Gasteiger partial charge on any atom is -0.324 e.